The fourth-order valence-electron chi connectivity index (χ4n) is 3.09. The second-order valence-electron chi connectivity index (χ2n) is 6.09. The number of carbonyl (C=O) groups excluding carboxylic acids is 1. The molecule has 2 rings (SSSR count). The fraction of sp³-hybridized carbons (Fsp3) is 0.750. The highest BCUT2D eigenvalue weighted by Gasteiger charge is 2.26. The lowest BCUT2D eigenvalue weighted by Gasteiger charge is -2.19. The largest absolute Gasteiger partial charge is 0.381 e. The molecule has 0 bridgehead atoms. The summed E-state index contributed by atoms with van der Waals surface area (Å²) in [5.74, 6) is 1.49. The number of rotatable bonds is 6. The van der Waals surface area contributed by atoms with Crippen molar-refractivity contribution in [2.45, 2.75) is 40.0 Å². The first kappa shape index (κ1) is 16.8. The highest BCUT2D eigenvalue weighted by Crippen LogP contribution is 2.22. The maximum Gasteiger partial charge on any atom is 0.317 e. The van der Waals surface area contributed by atoms with Crippen LogP contribution in [0, 0.1) is 19.8 Å². The van der Waals surface area contributed by atoms with E-state index in [9.17, 15) is 4.79 Å². The second kappa shape index (κ2) is 7.63. The van der Waals surface area contributed by atoms with Gasteiger partial charge in [0, 0.05) is 43.6 Å². The van der Waals surface area contributed by atoms with Gasteiger partial charge < -0.3 is 19.5 Å². The Morgan fingerprint density at radius 1 is 1.55 bits per heavy atom. The van der Waals surface area contributed by atoms with Crippen LogP contribution in [-0.2, 0) is 4.74 Å². The zero-order valence-electron chi connectivity index (χ0n) is 14.0. The van der Waals surface area contributed by atoms with Gasteiger partial charge in [-0.2, -0.15) is 0 Å². The summed E-state index contributed by atoms with van der Waals surface area (Å²) < 4.78 is 10.6. The Hall–Kier alpha value is -1.56. The molecule has 1 fully saturated rings. The molecule has 0 spiro atoms. The molecule has 0 unspecified atom stereocenters. The molecule has 0 saturated carbocycles. The molecule has 2 amide bonds. The number of aryl methyl sites for hydroxylation is 2. The number of aromatic nitrogens is 1. The number of nitrogens with one attached hydrogen (secondary N) is 1. The molecule has 1 aromatic heterocycles. The third kappa shape index (κ3) is 4.00. The van der Waals surface area contributed by atoms with Crippen LogP contribution in [0.1, 0.15) is 43.2 Å². The Kier molecular flexibility index (Phi) is 5.83. The van der Waals surface area contributed by atoms with E-state index in [1.54, 1.807) is 0 Å². The number of likely N-dealkylation sites (tertiary alicyclic amines) is 1. The molecule has 0 aliphatic carbocycles. The highest BCUT2D eigenvalue weighted by atomic mass is 16.5. The van der Waals surface area contributed by atoms with Crippen molar-refractivity contribution < 1.29 is 14.1 Å². The van der Waals surface area contributed by atoms with Gasteiger partial charge in [-0.05, 0) is 27.2 Å². The third-order valence-corrected chi connectivity index (χ3v) is 4.27. The monoisotopic (exact) mass is 309 g/mol. The van der Waals surface area contributed by atoms with Crippen molar-refractivity contribution in [1.82, 2.24) is 15.4 Å². The van der Waals surface area contributed by atoms with Gasteiger partial charge in [0.1, 0.15) is 5.76 Å². The van der Waals surface area contributed by atoms with E-state index in [2.05, 4.69) is 17.4 Å². The SMILES string of the molecule is CCOC[C@@H]1CCN(C(=O)NC[C@H](C)c2c(C)noc2C)C1. The summed E-state index contributed by atoms with van der Waals surface area (Å²) in [5, 5.41) is 6.99. The number of carbonyl (C=O) groups is 1. The van der Waals surface area contributed by atoms with E-state index >= 15 is 0 Å². The quantitative estimate of drug-likeness (QED) is 0.876. The van der Waals surface area contributed by atoms with E-state index in [1.165, 1.54) is 0 Å². The zero-order valence-corrected chi connectivity index (χ0v) is 14.0. The molecule has 1 N–H and O–H groups in total. The first-order chi connectivity index (χ1) is 10.5. The van der Waals surface area contributed by atoms with Crippen LogP contribution in [0.2, 0.25) is 0 Å². The molecule has 1 saturated heterocycles. The first-order valence-electron chi connectivity index (χ1n) is 8.06. The number of hydrogen-bond donors (Lipinski definition) is 1. The molecule has 1 aromatic rings. The van der Waals surface area contributed by atoms with Crippen molar-refractivity contribution in [2.75, 3.05) is 32.8 Å². The van der Waals surface area contributed by atoms with Crippen LogP contribution in [0.15, 0.2) is 4.52 Å². The maximum atomic E-state index is 12.2. The van der Waals surface area contributed by atoms with E-state index in [-0.39, 0.29) is 11.9 Å². The smallest absolute Gasteiger partial charge is 0.317 e. The van der Waals surface area contributed by atoms with Crippen molar-refractivity contribution in [3.8, 4) is 0 Å². The summed E-state index contributed by atoms with van der Waals surface area (Å²) in [4.78, 5) is 14.1. The molecule has 124 valence electrons. The van der Waals surface area contributed by atoms with E-state index in [0.717, 1.165) is 49.7 Å². The Morgan fingerprint density at radius 3 is 2.95 bits per heavy atom. The van der Waals surface area contributed by atoms with E-state index < -0.39 is 0 Å². The zero-order chi connectivity index (χ0) is 16.1. The minimum absolute atomic E-state index is 0.0117. The molecule has 2 heterocycles. The average molecular weight is 309 g/mol. The molecule has 1 aliphatic heterocycles. The minimum atomic E-state index is 0.0117. The lowest BCUT2D eigenvalue weighted by atomic mass is 10.00. The number of ether oxygens (including phenoxy) is 1. The molecule has 2 atom stereocenters. The van der Waals surface area contributed by atoms with Crippen LogP contribution in [0.4, 0.5) is 4.79 Å². The van der Waals surface area contributed by atoms with Crippen molar-refractivity contribution in [3.63, 3.8) is 0 Å². The van der Waals surface area contributed by atoms with Gasteiger partial charge in [-0.15, -0.1) is 0 Å². The third-order valence-electron chi connectivity index (χ3n) is 4.27. The van der Waals surface area contributed by atoms with E-state index in [1.807, 2.05) is 25.7 Å². The van der Waals surface area contributed by atoms with Crippen LogP contribution >= 0.6 is 0 Å². The summed E-state index contributed by atoms with van der Waals surface area (Å²) >= 11 is 0. The van der Waals surface area contributed by atoms with Gasteiger partial charge >= 0.3 is 6.03 Å². The highest BCUT2D eigenvalue weighted by molar-refractivity contribution is 5.74. The molecule has 6 heteroatoms. The summed E-state index contributed by atoms with van der Waals surface area (Å²) in [5.41, 5.74) is 1.99. The van der Waals surface area contributed by atoms with Gasteiger partial charge in [-0.3, -0.25) is 0 Å². The Morgan fingerprint density at radius 2 is 2.32 bits per heavy atom. The van der Waals surface area contributed by atoms with Gasteiger partial charge in [0.05, 0.1) is 12.3 Å². The molecular weight excluding hydrogens is 282 g/mol. The normalized spacial score (nSPS) is 19.5. The van der Waals surface area contributed by atoms with Gasteiger partial charge in [0.25, 0.3) is 0 Å². The van der Waals surface area contributed by atoms with Gasteiger partial charge in [0.2, 0.25) is 0 Å². The molecule has 6 nitrogen and oxygen atoms in total. The Balaban J connectivity index is 1.78. The lowest BCUT2D eigenvalue weighted by Crippen LogP contribution is -2.40. The lowest BCUT2D eigenvalue weighted by molar-refractivity contribution is 0.113. The van der Waals surface area contributed by atoms with Crippen molar-refractivity contribution in [3.05, 3.63) is 17.0 Å². The maximum absolute atomic E-state index is 12.2. The Bertz CT molecular complexity index is 481. The number of amides is 2. The predicted molar refractivity (Wildman–Crippen MR) is 84.0 cm³/mol. The van der Waals surface area contributed by atoms with Crippen molar-refractivity contribution >= 4 is 6.03 Å². The second-order valence-corrected chi connectivity index (χ2v) is 6.09. The van der Waals surface area contributed by atoms with Crippen LogP contribution in [0.5, 0.6) is 0 Å². The predicted octanol–water partition coefficient (Wildman–Crippen LogP) is 2.46. The average Bonchev–Trinajstić information content (AvgIpc) is 3.09. The van der Waals surface area contributed by atoms with Gasteiger partial charge in [-0.1, -0.05) is 12.1 Å². The first-order valence-corrected chi connectivity index (χ1v) is 8.06. The number of urea groups is 1. The molecule has 0 aromatic carbocycles. The topological polar surface area (TPSA) is 67.6 Å². The summed E-state index contributed by atoms with van der Waals surface area (Å²) in [6.07, 6.45) is 1.02. The van der Waals surface area contributed by atoms with Crippen LogP contribution in [0.3, 0.4) is 0 Å². The van der Waals surface area contributed by atoms with Gasteiger partial charge in [-0.25, -0.2) is 4.79 Å². The summed E-state index contributed by atoms with van der Waals surface area (Å²) in [6, 6.07) is 0.0117. The molecule has 1 aliphatic rings. The Labute approximate surface area is 132 Å². The van der Waals surface area contributed by atoms with Gasteiger partial charge in [0.15, 0.2) is 0 Å². The van der Waals surface area contributed by atoms with E-state index in [0.29, 0.717) is 12.5 Å². The van der Waals surface area contributed by atoms with Crippen molar-refractivity contribution in [1.29, 1.82) is 0 Å². The summed E-state index contributed by atoms with van der Waals surface area (Å²) in [6.45, 7) is 11.6. The van der Waals surface area contributed by atoms with E-state index in [4.69, 9.17) is 9.26 Å². The number of nitrogens with zero attached hydrogens (tertiary/aromatic N) is 2. The molecule has 22 heavy (non-hydrogen) atoms. The van der Waals surface area contributed by atoms with Crippen LogP contribution in [-0.4, -0.2) is 48.9 Å². The molecular formula is C16H27N3O3. The van der Waals surface area contributed by atoms with Crippen molar-refractivity contribution in [2.24, 2.45) is 5.92 Å². The number of hydrogen-bond acceptors (Lipinski definition) is 4. The minimum Gasteiger partial charge on any atom is -0.381 e. The van der Waals surface area contributed by atoms with Crippen LogP contribution in [0.25, 0.3) is 0 Å². The molecule has 0 radical (unpaired) electrons. The fourth-order valence-corrected chi connectivity index (χ4v) is 3.09. The summed E-state index contributed by atoms with van der Waals surface area (Å²) in [7, 11) is 0. The standard InChI is InChI=1S/C16H27N3O3/c1-5-21-10-14-6-7-19(9-14)16(20)17-8-11(2)15-12(3)18-22-13(15)4/h11,14H,5-10H2,1-4H3,(H,17,20)/t11-,14+/m0/s1. The van der Waals surface area contributed by atoms with Crippen LogP contribution < -0.4 is 5.32 Å².